The van der Waals surface area contributed by atoms with Gasteiger partial charge in [-0.05, 0) is 53.4 Å². The Bertz CT molecular complexity index is 826. The van der Waals surface area contributed by atoms with Gasteiger partial charge in [0.05, 0.1) is 12.1 Å². The Morgan fingerprint density at radius 3 is 1.92 bits per heavy atom. The minimum absolute atomic E-state index is 0.204. The lowest BCUT2D eigenvalue weighted by atomic mass is 9.71. The molecule has 4 bridgehead atoms. The van der Waals surface area contributed by atoms with Crippen molar-refractivity contribution in [1.29, 1.82) is 0 Å². The summed E-state index contributed by atoms with van der Waals surface area (Å²) in [7, 11) is 0. The quantitative estimate of drug-likeness (QED) is 0.716. The molecule has 2 aromatic carbocycles. The molecule has 0 spiro atoms. The molecule has 1 saturated heterocycles. The highest BCUT2D eigenvalue weighted by Crippen LogP contribution is 2.69. The summed E-state index contributed by atoms with van der Waals surface area (Å²) < 4.78 is 0. The maximum Gasteiger partial charge on any atom is 0.254 e. The number of nitrogens with zero attached hydrogens (tertiary/aromatic N) is 1. The normalized spacial score (nSPS) is 36.9. The van der Waals surface area contributed by atoms with Gasteiger partial charge in [-0.1, -0.05) is 54.6 Å². The summed E-state index contributed by atoms with van der Waals surface area (Å²) in [4.78, 5) is 15.6. The van der Waals surface area contributed by atoms with Crippen LogP contribution < -0.4 is 0 Å². The highest BCUT2D eigenvalue weighted by atomic mass is 16.2. The van der Waals surface area contributed by atoms with E-state index in [9.17, 15) is 4.79 Å². The summed E-state index contributed by atoms with van der Waals surface area (Å²) in [6.07, 6.45) is 6.13. The fourth-order valence-electron chi connectivity index (χ4n) is 6.08. The number of rotatable bonds is 1. The Balaban J connectivity index is 1.51. The molecule has 6 rings (SSSR count). The van der Waals surface area contributed by atoms with Crippen molar-refractivity contribution in [3.05, 3.63) is 83.4 Å². The average molecular weight is 313 g/mol. The fraction of sp³-hybridized carbons (Fsp3) is 0.318. The van der Waals surface area contributed by atoms with Crippen LogP contribution in [0.25, 0.3) is 0 Å². The van der Waals surface area contributed by atoms with E-state index < -0.39 is 0 Å². The lowest BCUT2D eigenvalue weighted by Gasteiger charge is -2.30. The van der Waals surface area contributed by atoms with E-state index in [4.69, 9.17) is 0 Å². The van der Waals surface area contributed by atoms with E-state index in [1.165, 1.54) is 17.5 Å². The van der Waals surface area contributed by atoms with Crippen molar-refractivity contribution in [2.45, 2.75) is 18.5 Å². The van der Waals surface area contributed by atoms with Gasteiger partial charge in [0.2, 0.25) is 0 Å². The van der Waals surface area contributed by atoms with Gasteiger partial charge in [-0.25, -0.2) is 0 Å². The largest absolute Gasteiger partial charge is 0.324 e. The number of carbonyl (C=O) groups is 1. The second-order valence-electron chi connectivity index (χ2n) is 7.70. The molecule has 0 aromatic heterocycles. The molecule has 2 nitrogen and oxygen atoms in total. The Morgan fingerprint density at radius 2 is 1.33 bits per heavy atom. The molecule has 0 radical (unpaired) electrons. The second-order valence-corrected chi connectivity index (χ2v) is 7.70. The first kappa shape index (κ1) is 13.0. The zero-order chi connectivity index (χ0) is 15.8. The van der Waals surface area contributed by atoms with E-state index in [-0.39, 0.29) is 18.0 Å². The molecular weight excluding hydrogens is 294 g/mol. The van der Waals surface area contributed by atoms with Crippen molar-refractivity contribution in [3.63, 3.8) is 0 Å². The second kappa shape index (κ2) is 4.38. The molecule has 2 aliphatic carbocycles. The number of allylic oxidation sites excluding steroid dienone is 2. The Labute approximate surface area is 141 Å². The molecule has 1 saturated carbocycles. The lowest BCUT2D eigenvalue weighted by molar-refractivity contribution is 0.0660. The van der Waals surface area contributed by atoms with E-state index in [0.717, 1.165) is 5.56 Å². The van der Waals surface area contributed by atoms with Crippen LogP contribution in [-0.4, -0.2) is 10.8 Å². The molecule has 1 amide bonds. The maximum absolute atomic E-state index is 13.3. The minimum atomic E-state index is 0.204. The van der Waals surface area contributed by atoms with Crippen LogP contribution in [-0.2, 0) is 0 Å². The summed E-state index contributed by atoms with van der Waals surface area (Å²) in [6, 6.07) is 19.1. The molecule has 2 fully saturated rings. The molecule has 6 atom stereocenters. The van der Waals surface area contributed by atoms with Gasteiger partial charge in [-0.3, -0.25) is 4.79 Å². The van der Waals surface area contributed by atoms with Crippen molar-refractivity contribution >= 4 is 5.91 Å². The Hall–Kier alpha value is -2.35. The molecule has 118 valence electrons. The van der Waals surface area contributed by atoms with Gasteiger partial charge >= 0.3 is 0 Å². The van der Waals surface area contributed by atoms with Crippen molar-refractivity contribution in [2.75, 3.05) is 0 Å². The average Bonchev–Trinajstić information content (AvgIpc) is 3.38. The van der Waals surface area contributed by atoms with Crippen LogP contribution in [0.2, 0.25) is 0 Å². The zero-order valence-electron chi connectivity index (χ0n) is 13.4. The summed E-state index contributed by atoms with van der Waals surface area (Å²) in [6.45, 7) is 0. The summed E-state index contributed by atoms with van der Waals surface area (Å²) in [5.74, 6) is 2.76. The third-order valence-corrected chi connectivity index (χ3v) is 6.80. The monoisotopic (exact) mass is 313 g/mol. The third-order valence-electron chi connectivity index (χ3n) is 6.80. The summed E-state index contributed by atoms with van der Waals surface area (Å²) >= 11 is 0. The number of benzene rings is 2. The number of hydrogen-bond donors (Lipinski definition) is 0. The minimum Gasteiger partial charge on any atom is -0.324 e. The first-order valence-electron chi connectivity index (χ1n) is 8.99. The van der Waals surface area contributed by atoms with Gasteiger partial charge in [0.15, 0.2) is 0 Å². The molecule has 2 heterocycles. The predicted octanol–water partition coefficient (Wildman–Crippen LogP) is 4.38. The highest BCUT2D eigenvalue weighted by molar-refractivity contribution is 5.95. The van der Waals surface area contributed by atoms with E-state index in [0.29, 0.717) is 23.7 Å². The maximum atomic E-state index is 13.3. The number of carbonyl (C=O) groups excluding carboxylic acids is 1. The van der Waals surface area contributed by atoms with E-state index in [2.05, 4.69) is 41.3 Å². The summed E-state index contributed by atoms with van der Waals surface area (Å²) in [5.41, 5.74) is 3.61. The highest BCUT2D eigenvalue weighted by Gasteiger charge is 2.64. The van der Waals surface area contributed by atoms with Crippen LogP contribution in [0.1, 0.15) is 40.0 Å². The van der Waals surface area contributed by atoms with Crippen molar-refractivity contribution in [1.82, 2.24) is 4.90 Å². The molecule has 2 heteroatoms. The Morgan fingerprint density at radius 1 is 0.792 bits per heavy atom. The molecular formula is C22H19NO. The van der Waals surface area contributed by atoms with Gasteiger partial charge in [0.25, 0.3) is 5.91 Å². The van der Waals surface area contributed by atoms with Crippen LogP contribution in [0, 0.1) is 23.7 Å². The molecule has 0 N–H and O–H groups in total. The molecule has 0 unspecified atom stereocenters. The van der Waals surface area contributed by atoms with Gasteiger partial charge in [0, 0.05) is 5.56 Å². The molecule has 2 aliphatic heterocycles. The first-order valence-corrected chi connectivity index (χ1v) is 8.99. The van der Waals surface area contributed by atoms with Crippen molar-refractivity contribution in [2.24, 2.45) is 23.7 Å². The Kier molecular flexibility index (Phi) is 2.37. The smallest absolute Gasteiger partial charge is 0.254 e. The van der Waals surface area contributed by atoms with Gasteiger partial charge in [-0.2, -0.15) is 0 Å². The van der Waals surface area contributed by atoms with Crippen LogP contribution in [0.15, 0.2) is 66.7 Å². The van der Waals surface area contributed by atoms with Gasteiger partial charge < -0.3 is 4.90 Å². The number of fused-ring (bicyclic) bond motifs is 12. The van der Waals surface area contributed by atoms with E-state index >= 15 is 0 Å². The standard InChI is InChI=1S/C22H19NO/c24-22(13-6-2-1-3-7-13)23-20-16-8-4-5-9-17(16)21(23)19-15-11-10-14(12-15)18(19)20/h1-11,14-15,18-21H,12H2/t14-,15+,18-,19+,20+,21-. The number of hydrogen-bond acceptors (Lipinski definition) is 1. The van der Waals surface area contributed by atoms with Crippen LogP contribution in [0.3, 0.4) is 0 Å². The predicted molar refractivity (Wildman–Crippen MR) is 92.3 cm³/mol. The van der Waals surface area contributed by atoms with Crippen molar-refractivity contribution < 1.29 is 4.79 Å². The lowest BCUT2D eigenvalue weighted by Crippen LogP contribution is -2.30. The molecule has 4 aliphatic rings. The van der Waals surface area contributed by atoms with E-state index in [1.54, 1.807) is 0 Å². The van der Waals surface area contributed by atoms with Crippen LogP contribution in [0.4, 0.5) is 0 Å². The summed E-state index contributed by atoms with van der Waals surface area (Å²) in [5, 5.41) is 0. The zero-order valence-corrected chi connectivity index (χ0v) is 13.4. The first-order chi connectivity index (χ1) is 11.8. The van der Waals surface area contributed by atoms with Crippen molar-refractivity contribution in [3.8, 4) is 0 Å². The molecule has 24 heavy (non-hydrogen) atoms. The van der Waals surface area contributed by atoms with Gasteiger partial charge in [-0.15, -0.1) is 0 Å². The number of amides is 1. The topological polar surface area (TPSA) is 20.3 Å². The van der Waals surface area contributed by atoms with E-state index in [1.807, 2.05) is 30.3 Å². The van der Waals surface area contributed by atoms with Crippen LogP contribution >= 0.6 is 0 Å². The SMILES string of the molecule is O=C(c1ccccc1)N1[C@@H]2c3ccccc3[C@H]1[C@H]1[C@@H]2[C@H]2C=C[C@@H]1C2. The van der Waals surface area contributed by atoms with Gasteiger partial charge in [0.1, 0.15) is 0 Å². The molecule has 2 aromatic rings. The third kappa shape index (κ3) is 1.41. The van der Waals surface area contributed by atoms with Crippen LogP contribution in [0.5, 0.6) is 0 Å². The fourth-order valence-corrected chi connectivity index (χ4v) is 6.08.